The molecule has 3 heterocycles. The summed E-state index contributed by atoms with van der Waals surface area (Å²) in [4.78, 5) is 17.5. The Hall–Kier alpha value is -2.09. The summed E-state index contributed by atoms with van der Waals surface area (Å²) in [6.07, 6.45) is 1.05. The Morgan fingerprint density at radius 2 is 2.07 bits per heavy atom. The van der Waals surface area contributed by atoms with Gasteiger partial charge in [0.2, 0.25) is 0 Å². The number of rotatable bonds is 5. The molecule has 0 aliphatic carbocycles. The number of piperazine rings is 1. The van der Waals surface area contributed by atoms with E-state index in [2.05, 4.69) is 15.4 Å². The Morgan fingerprint density at radius 1 is 1.28 bits per heavy atom. The van der Waals surface area contributed by atoms with Crippen LogP contribution in [0.3, 0.4) is 0 Å². The predicted molar refractivity (Wildman–Crippen MR) is 113 cm³/mol. The number of carbonyl (C=O) groups excluding carboxylic acids is 1. The summed E-state index contributed by atoms with van der Waals surface area (Å²) >= 11 is 0. The summed E-state index contributed by atoms with van der Waals surface area (Å²) in [6, 6.07) is 7.93. The van der Waals surface area contributed by atoms with E-state index in [4.69, 9.17) is 9.26 Å². The lowest BCUT2D eigenvalue weighted by Gasteiger charge is -2.32. The van der Waals surface area contributed by atoms with E-state index in [1.54, 1.807) is 0 Å². The topological polar surface area (TPSA) is 70.8 Å². The third-order valence-corrected chi connectivity index (χ3v) is 5.76. The molecule has 29 heavy (non-hydrogen) atoms. The van der Waals surface area contributed by atoms with Gasteiger partial charge in [-0.25, -0.2) is 0 Å². The van der Waals surface area contributed by atoms with Gasteiger partial charge in [0.05, 0.1) is 11.3 Å². The molecule has 1 aromatic carbocycles. The van der Waals surface area contributed by atoms with Crippen molar-refractivity contribution >= 4 is 18.3 Å². The number of hydrogen-bond donors (Lipinski definition) is 1. The third-order valence-electron chi connectivity index (χ3n) is 5.76. The largest absolute Gasteiger partial charge is 0.489 e. The van der Waals surface area contributed by atoms with Crippen molar-refractivity contribution in [3.05, 3.63) is 46.8 Å². The maximum absolute atomic E-state index is 13.0. The van der Waals surface area contributed by atoms with Gasteiger partial charge in [-0.1, -0.05) is 11.2 Å². The standard InChI is InChI=1S/C21H28N4O3.ClH/c1-15-20(16(2)28-23-15)14-27-19-5-3-4-17(12-19)21(26)25-9-6-18(13-25)24-10-7-22-8-11-24;/h3-5,12,18,22H,6-11,13-14H2,1-2H3;1H. The second kappa shape index (κ2) is 9.61. The normalized spacial score (nSPS) is 19.8. The van der Waals surface area contributed by atoms with Crippen LogP contribution in [0.25, 0.3) is 0 Å². The Morgan fingerprint density at radius 3 is 2.79 bits per heavy atom. The molecule has 2 aliphatic heterocycles. The Bertz CT molecular complexity index is 816. The van der Waals surface area contributed by atoms with Gasteiger partial charge in [-0.2, -0.15) is 0 Å². The summed E-state index contributed by atoms with van der Waals surface area (Å²) in [5.74, 6) is 1.53. The Balaban J connectivity index is 0.00000240. The molecule has 4 rings (SSSR count). The van der Waals surface area contributed by atoms with E-state index in [1.807, 2.05) is 43.0 Å². The Kier molecular flexibility index (Phi) is 7.16. The van der Waals surface area contributed by atoms with E-state index in [0.29, 0.717) is 24.0 Å². The van der Waals surface area contributed by atoms with Crippen molar-refractivity contribution in [2.45, 2.75) is 32.9 Å². The lowest BCUT2D eigenvalue weighted by atomic mass is 10.2. The van der Waals surface area contributed by atoms with Gasteiger partial charge in [0.25, 0.3) is 5.91 Å². The molecule has 1 amide bonds. The molecule has 0 radical (unpaired) electrons. The number of likely N-dealkylation sites (tertiary alicyclic amines) is 1. The van der Waals surface area contributed by atoms with E-state index >= 15 is 0 Å². The van der Waals surface area contributed by atoms with Crippen molar-refractivity contribution < 1.29 is 14.1 Å². The number of aryl methyl sites for hydroxylation is 2. The highest BCUT2D eigenvalue weighted by molar-refractivity contribution is 5.94. The number of nitrogens with zero attached hydrogens (tertiary/aromatic N) is 3. The van der Waals surface area contributed by atoms with E-state index in [9.17, 15) is 4.79 Å². The van der Waals surface area contributed by atoms with Crippen LogP contribution in [-0.4, -0.2) is 66.2 Å². The zero-order chi connectivity index (χ0) is 19.5. The quantitative estimate of drug-likeness (QED) is 0.801. The number of halogens is 1. The molecule has 2 fully saturated rings. The molecule has 0 bridgehead atoms. The number of ether oxygens (including phenoxy) is 1. The number of benzene rings is 1. The average Bonchev–Trinajstić information content (AvgIpc) is 3.34. The third kappa shape index (κ3) is 4.91. The number of nitrogens with one attached hydrogen (secondary N) is 1. The monoisotopic (exact) mass is 420 g/mol. The molecule has 0 spiro atoms. The highest BCUT2D eigenvalue weighted by Gasteiger charge is 2.31. The predicted octanol–water partition coefficient (Wildman–Crippen LogP) is 2.41. The summed E-state index contributed by atoms with van der Waals surface area (Å²) in [5, 5.41) is 7.34. The van der Waals surface area contributed by atoms with E-state index in [-0.39, 0.29) is 18.3 Å². The van der Waals surface area contributed by atoms with E-state index in [0.717, 1.165) is 62.7 Å². The zero-order valence-electron chi connectivity index (χ0n) is 17.0. The van der Waals surface area contributed by atoms with Crippen LogP contribution >= 0.6 is 12.4 Å². The molecule has 8 heteroatoms. The van der Waals surface area contributed by atoms with E-state index in [1.165, 1.54) is 0 Å². The average molecular weight is 421 g/mol. The van der Waals surface area contributed by atoms with Crippen LogP contribution in [0.1, 0.15) is 33.8 Å². The zero-order valence-corrected chi connectivity index (χ0v) is 17.8. The summed E-state index contributed by atoms with van der Waals surface area (Å²) in [7, 11) is 0. The first kappa shape index (κ1) is 21.6. The van der Waals surface area contributed by atoms with Crippen molar-refractivity contribution in [1.29, 1.82) is 0 Å². The minimum Gasteiger partial charge on any atom is -0.489 e. The molecule has 0 saturated carbocycles. The van der Waals surface area contributed by atoms with Crippen molar-refractivity contribution in [3.63, 3.8) is 0 Å². The number of hydrogen-bond acceptors (Lipinski definition) is 6. The fourth-order valence-corrected chi connectivity index (χ4v) is 4.04. The molecule has 1 unspecified atom stereocenters. The van der Waals surface area contributed by atoms with Gasteiger partial charge in [0.15, 0.2) is 0 Å². The van der Waals surface area contributed by atoms with Crippen LogP contribution in [0.2, 0.25) is 0 Å². The van der Waals surface area contributed by atoms with Gasteiger partial charge in [0.1, 0.15) is 18.1 Å². The number of amides is 1. The SMILES string of the molecule is Cc1noc(C)c1COc1cccc(C(=O)N2CCC(N3CCNCC3)C2)c1.Cl. The van der Waals surface area contributed by atoms with Crippen LogP contribution in [-0.2, 0) is 6.61 Å². The number of carbonyl (C=O) groups is 1. The molecular formula is C21H29ClN4O3. The first-order valence-electron chi connectivity index (χ1n) is 10.0. The van der Waals surface area contributed by atoms with Gasteiger partial charge in [0, 0.05) is 50.9 Å². The van der Waals surface area contributed by atoms with Gasteiger partial charge >= 0.3 is 0 Å². The van der Waals surface area contributed by atoms with Crippen LogP contribution in [0.5, 0.6) is 5.75 Å². The fraction of sp³-hybridized carbons (Fsp3) is 0.524. The van der Waals surface area contributed by atoms with Gasteiger partial charge < -0.3 is 19.5 Å². The van der Waals surface area contributed by atoms with Crippen molar-refractivity contribution in [1.82, 2.24) is 20.3 Å². The molecule has 1 N–H and O–H groups in total. The molecule has 7 nitrogen and oxygen atoms in total. The highest BCUT2D eigenvalue weighted by atomic mass is 35.5. The van der Waals surface area contributed by atoms with Crippen molar-refractivity contribution in [2.24, 2.45) is 0 Å². The molecular weight excluding hydrogens is 392 g/mol. The second-order valence-corrected chi connectivity index (χ2v) is 7.60. The molecule has 1 aromatic heterocycles. The summed E-state index contributed by atoms with van der Waals surface area (Å²) in [6.45, 7) is 9.99. The smallest absolute Gasteiger partial charge is 0.254 e. The van der Waals surface area contributed by atoms with Crippen LogP contribution in [0, 0.1) is 13.8 Å². The first-order valence-corrected chi connectivity index (χ1v) is 10.0. The Labute approximate surface area is 177 Å². The maximum Gasteiger partial charge on any atom is 0.254 e. The second-order valence-electron chi connectivity index (χ2n) is 7.60. The molecule has 2 saturated heterocycles. The van der Waals surface area contributed by atoms with Crippen LogP contribution in [0.4, 0.5) is 0 Å². The van der Waals surface area contributed by atoms with Gasteiger partial charge in [-0.05, 0) is 38.5 Å². The lowest BCUT2D eigenvalue weighted by molar-refractivity contribution is 0.0773. The van der Waals surface area contributed by atoms with Gasteiger partial charge in [-0.15, -0.1) is 12.4 Å². The minimum atomic E-state index is 0. The summed E-state index contributed by atoms with van der Waals surface area (Å²) < 4.78 is 11.1. The molecule has 1 atom stereocenters. The molecule has 2 aromatic rings. The van der Waals surface area contributed by atoms with Crippen LogP contribution < -0.4 is 10.1 Å². The number of aromatic nitrogens is 1. The van der Waals surface area contributed by atoms with Crippen molar-refractivity contribution in [3.8, 4) is 5.75 Å². The molecule has 158 valence electrons. The molecule has 2 aliphatic rings. The van der Waals surface area contributed by atoms with Crippen molar-refractivity contribution in [2.75, 3.05) is 39.3 Å². The maximum atomic E-state index is 13.0. The highest BCUT2D eigenvalue weighted by Crippen LogP contribution is 2.22. The lowest BCUT2D eigenvalue weighted by Crippen LogP contribution is -2.49. The van der Waals surface area contributed by atoms with Gasteiger partial charge in [-0.3, -0.25) is 9.69 Å². The van der Waals surface area contributed by atoms with Crippen LogP contribution in [0.15, 0.2) is 28.8 Å². The van der Waals surface area contributed by atoms with E-state index < -0.39 is 0 Å². The fourth-order valence-electron chi connectivity index (χ4n) is 4.04. The minimum absolute atomic E-state index is 0. The summed E-state index contributed by atoms with van der Waals surface area (Å²) in [5.41, 5.74) is 2.47. The first-order chi connectivity index (χ1) is 13.6.